The molecule has 2 saturated heterocycles. The predicted molar refractivity (Wildman–Crippen MR) is 103 cm³/mol. The highest BCUT2D eigenvalue weighted by Gasteiger charge is 2.84. The first kappa shape index (κ1) is 18.3. The third kappa shape index (κ3) is 1.57. The average molecular weight is 399 g/mol. The molecular formula is C23H29NO5. The van der Waals surface area contributed by atoms with Gasteiger partial charge in [0.15, 0.2) is 5.72 Å². The summed E-state index contributed by atoms with van der Waals surface area (Å²) in [6, 6.07) is 0. The van der Waals surface area contributed by atoms with Crippen molar-refractivity contribution < 1.29 is 24.5 Å². The van der Waals surface area contributed by atoms with Gasteiger partial charge in [0.25, 0.3) is 0 Å². The van der Waals surface area contributed by atoms with Gasteiger partial charge in [-0.25, -0.2) is 0 Å². The van der Waals surface area contributed by atoms with Crippen molar-refractivity contribution in [2.24, 2.45) is 34.5 Å². The van der Waals surface area contributed by atoms with Crippen molar-refractivity contribution in [3.8, 4) is 0 Å². The molecular weight excluding hydrogens is 370 g/mol. The number of methoxy groups -OCH3 is 1. The van der Waals surface area contributed by atoms with Crippen LogP contribution in [0.5, 0.6) is 0 Å². The van der Waals surface area contributed by atoms with E-state index in [4.69, 9.17) is 4.74 Å². The molecule has 0 amide bonds. The Morgan fingerprint density at radius 2 is 2.00 bits per heavy atom. The number of esters is 1. The summed E-state index contributed by atoms with van der Waals surface area (Å²) in [5, 5.41) is 24.4. The molecule has 2 heterocycles. The van der Waals surface area contributed by atoms with E-state index in [9.17, 15) is 19.8 Å². The van der Waals surface area contributed by atoms with Gasteiger partial charge in [0, 0.05) is 19.0 Å². The normalized spacial score (nSPS) is 54.3. The highest BCUT2D eigenvalue weighted by molar-refractivity contribution is 5.78. The fourth-order valence-corrected chi connectivity index (χ4v) is 8.70. The van der Waals surface area contributed by atoms with E-state index in [2.05, 4.69) is 0 Å². The van der Waals surface area contributed by atoms with Crippen LogP contribution in [0.3, 0.4) is 0 Å². The topological polar surface area (TPSA) is 87.1 Å². The van der Waals surface area contributed by atoms with Gasteiger partial charge in [0.1, 0.15) is 11.9 Å². The van der Waals surface area contributed by atoms with Gasteiger partial charge in [-0.05, 0) is 43.9 Å². The zero-order chi connectivity index (χ0) is 20.4. The van der Waals surface area contributed by atoms with Gasteiger partial charge in [-0.3, -0.25) is 9.69 Å². The van der Waals surface area contributed by atoms with Crippen LogP contribution in [0.2, 0.25) is 0 Å². The van der Waals surface area contributed by atoms with Crippen molar-refractivity contribution >= 4 is 12.3 Å². The smallest absolute Gasteiger partial charge is 0.309 e. The van der Waals surface area contributed by atoms with Crippen molar-refractivity contribution in [2.45, 2.75) is 50.4 Å². The molecule has 3 fully saturated rings. The summed E-state index contributed by atoms with van der Waals surface area (Å²) in [6.07, 6.45) is 8.62. The Kier molecular flexibility index (Phi) is 3.29. The third-order valence-corrected chi connectivity index (χ3v) is 9.80. The Balaban J connectivity index is 1.72. The number of carbonyl (C=O) groups excluding carboxylic acids is 2. The minimum atomic E-state index is -1.58. The van der Waals surface area contributed by atoms with Crippen molar-refractivity contribution in [3.63, 3.8) is 0 Å². The van der Waals surface area contributed by atoms with Crippen LogP contribution in [-0.4, -0.2) is 58.9 Å². The molecule has 4 aliphatic carbocycles. The van der Waals surface area contributed by atoms with Gasteiger partial charge in [0.2, 0.25) is 0 Å². The molecule has 6 heteroatoms. The predicted octanol–water partition coefficient (Wildman–Crippen LogP) is 1.42. The first-order valence-electron chi connectivity index (χ1n) is 11.0. The van der Waals surface area contributed by atoms with E-state index < -0.39 is 22.2 Å². The van der Waals surface area contributed by atoms with Crippen LogP contribution in [0, 0.1) is 34.5 Å². The molecule has 6 rings (SSSR count). The Bertz CT molecular complexity index is 896. The second kappa shape index (κ2) is 5.21. The number of nitrogens with zero attached hydrogens (tertiary/aromatic N) is 1. The lowest BCUT2D eigenvalue weighted by Gasteiger charge is -2.67. The maximum atomic E-state index is 12.9. The van der Waals surface area contributed by atoms with Crippen molar-refractivity contribution in [3.05, 3.63) is 23.3 Å². The molecule has 2 aliphatic heterocycles. The van der Waals surface area contributed by atoms with Gasteiger partial charge in [-0.2, -0.15) is 0 Å². The number of carbonyl (C=O) groups is 2. The fraction of sp³-hybridized carbons (Fsp3) is 0.739. The zero-order valence-electron chi connectivity index (χ0n) is 17.1. The number of ether oxygens (including phenoxy) is 1. The Morgan fingerprint density at radius 1 is 1.24 bits per heavy atom. The molecule has 1 spiro atoms. The summed E-state index contributed by atoms with van der Waals surface area (Å²) in [6.45, 7) is 3.15. The Hall–Kier alpha value is -1.50. The highest BCUT2D eigenvalue weighted by atomic mass is 16.5. The van der Waals surface area contributed by atoms with Crippen LogP contribution in [-0.2, 0) is 14.3 Å². The van der Waals surface area contributed by atoms with Crippen molar-refractivity contribution in [2.75, 3.05) is 20.2 Å². The molecule has 29 heavy (non-hydrogen) atoms. The summed E-state index contributed by atoms with van der Waals surface area (Å²) in [7, 11) is 1.41. The average Bonchev–Trinajstić information content (AvgIpc) is 3.32. The third-order valence-electron chi connectivity index (χ3n) is 9.80. The van der Waals surface area contributed by atoms with Gasteiger partial charge in [-0.15, -0.1) is 0 Å². The maximum Gasteiger partial charge on any atom is 0.309 e. The Morgan fingerprint density at radius 3 is 2.72 bits per heavy atom. The number of hydrogen-bond acceptors (Lipinski definition) is 6. The summed E-state index contributed by atoms with van der Waals surface area (Å²) < 4.78 is 5.17. The van der Waals surface area contributed by atoms with E-state index in [1.165, 1.54) is 12.7 Å². The molecule has 0 radical (unpaired) electrons. The van der Waals surface area contributed by atoms with Gasteiger partial charge >= 0.3 is 5.97 Å². The fourth-order valence-electron chi connectivity index (χ4n) is 8.70. The molecule has 0 unspecified atom stereocenters. The molecule has 6 nitrogen and oxygen atoms in total. The van der Waals surface area contributed by atoms with Crippen LogP contribution in [0.1, 0.15) is 39.0 Å². The van der Waals surface area contributed by atoms with E-state index in [-0.39, 0.29) is 29.6 Å². The van der Waals surface area contributed by atoms with Gasteiger partial charge < -0.3 is 19.7 Å². The molecule has 2 N–H and O–H groups in total. The van der Waals surface area contributed by atoms with Gasteiger partial charge in [-0.1, -0.05) is 30.2 Å². The molecule has 6 aliphatic rings. The zero-order valence-corrected chi connectivity index (χ0v) is 17.1. The second-order valence-corrected chi connectivity index (χ2v) is 10.3. The lowest BCUT2D eigenvalue weighted by atomic mass is 9.43. The number of rotatable bonds is 2. The molecule has 1 saturated carbocycles. The lowest BCUT2D eigenvalue weighted by molar-refractivity contribution is -0.295. The van der Waals surface area contributed by atoms with E-state index in [1.54, 1.807) is 6.08 Å². The first-order valence-corrected chi connectivity index (χ1v) is 11.0. The number of aliphatic hydroxyl groups is 2. The van der Waals surface area contributed by atoms with E-state index in [0.717, 1.165) is 37.5 Å². The summed E-state index contributed by atoms with van der Waals surface area (Å²) in [5.74, 6) is -0.742. The van der Waals surface area contributed by atoms with Crippen LogP contribution >= 0.6 is 0 Å². The van der Waals surface area contributed by atoms with Crippen molar-refractivity contribution in [1.29, 1.82) is 0 Å². The summed E-state index contributed by atoms with van der Waals surface area (Å²) in [4.78, 5) is 27.8. The quantitative estimate of drug-likeness (QED) is 0.415. The molecule has 0 aromatic heterocycles. The van der Waals surface area contributed by atoms with E-state index >= 15 is 0 Å². The number of hydrogen-bond donors (Lipinski definition) is 2. The minimum Gasteiger partial charge on any atom is -0.469 e. The summed E-state index contributed by atoms with van der Waals surface area (Å²) >= 11 is 0. The monoisotopic (exact) mass is 399 g/mol. The van der Waals surface area contributed by atoms with Crippen LogP contribution < -0.4 is 0 Å². The van der Waals surface area contributed by atoms with E-state index in [1.807, 2.05) is 17.9 Å². The number of allylic oxidation sites excluding steroid dienone is 2. The molecule has 4 bridgehead atoms. The number of piperidine rings is 1. The standard InChI is InChI=1S/C23H29NO5/c1-13-10-24-11-15-5-3-14-4-6-16-17(19(26)29-2)9-21(18(14)16)20(15,12-25)7-8-22(13,27)23(21,24)28/h7-8,12-13,15-17,27-28H,3-6,9-11H2,1-2H3/t13-,15-,16-,17-,20-,21-,22-,23+/m0/s1. The van der Waals surface area contributed by atoms with E-state index in [0.29, 0.717) is 19.5 Å². The Labute approximate surface area is 170 Å². The van der Waals surface area contributed by atoms with Crippen LogP contribution in [0.15, 0.2) is 23.3 Å². The first-order chi connectivity index (χ1) is 13.8. The maximum absolute atomic E-state index is 12.9. The molecule has 8 atom stereocenters. The largest absolute Gasteiger partial charge is 0.469 e. The van der Waals surface area contributed by atoms with Crippen molar-refractivity contribution in [1.82, 2.24) is 4.90 Å². The minimum absolute atomic E-state index is 0.00819. The van der Waals surface area contributed by atoms with Crippen LogP contribution in [0.4, 0.5) is 0 Å². The summed E-state index contributed by atoms with van der Waals surface area (Å²) in [5.41, 5.74) is -2.47. The highest BCUT2D eigenvalue weighted by Crippen LogP contribution is 2.78. The molecule has 0 aromatic rings. The molecule has 0 aromatic carbocycles. The second-order valence-electron chi connectivity index (χ2n) is 10.3. The SMILES string of the molecule is COC(=O)[C@H]1C[C@]23C4=C(CC[C@H]5CN6C[C@H](C)[C@@](O)(C=C[C@]52C=O)[C@@]63O)CC[C@H]41. The van der Waals surface area contributed by atoms with Gasteiger partial charge in [0.05, 0.1) is 23.9 Å². The van der Waals surface area contributed by atoms with Crippen LogP contribution in [0.25, 0.3) is 0 Å². The number of aldehydes is 1. The lowest BCUT2D eigenvalue weighted by Crippen LogP contribution is -2.79. The molecule has 156 valence electrons.